The number of amides is 1. The third-order valence-electron chi connectivity index (χ3n) is 6.46. The van der Waals surface area contributed by atoms with E-state index in [1.54, 1.807) is 24.1 Å². The molecule has 3 rings (SSSR count). The Hall–Kier alpha value is -2.92. The Balaban J connectivity index is 0.00000235. The summed E-state index contributed by atoms with van der Waals surface area (Å²) in [4.78, 5) is 19.9. The number of carbonyl (C=O) groups excluding carboxylic acids is 1. The van der Waals surface area contributed by atoms with E-state index in [1.165, 1.54) is 19.2 Å². The molecule has 37 heavy (non-hydrogen) atoms. The van der Waals surface area contributed by atoms with Crippen molar-refractivity contribution in [1.29, 1.82) is 5.26 Å². The summed E-state index contributed by atoms with van der Waals surface area (Å²) in [5, 5.41) is 9.65. The van der Waals surface area contributed by atoms with Crippen LogP contribution in [-0.2, 0) is 11.3 Å². The van der Waals surface area contributed by atoms with Gasteiger partial charge < -0.3 is 14.5 Å². The number of nitriles is 1. The first-order chi connectivity index (χ1) is 17.7. The van der Waals surface area contributed by atoms with Crippen LogP contribution in [0.5, 0.6) is 5.75 Å². The van der Waals surface area contributed by atoms with Crippen molar-refractivity contribution in [3.63, 3.8) is 0 Å². The summed E-state index contributed by atoms with van der Waals surface area (Å²) in [6.07, 6.45) is 3.89. The molecule has 1 unspecified atom stereocenters. The van der Waals surface area contributed by atoms with Gasteiger partial charge in [0, 0.05) is 45.3 Å². The van der Waals surface area contributed by atoms with Crippen molar-refractivity contribution in [1.82, 2.24) is 14.7 Å². The Labute approximate surface area is 225 Å². The fraction of sp³-hybridized carbons (Fsp3) is 0.448. The number of aryl methyl sites for hydroxylation is 1. The maximum absolute atomic E-state index is 13.9. The molecule has 2 aromatic carbocycles. The summed E-state index contributed by atoms with van der Waals surface area (Å²) in [7, 11) is 5.32. The van der Waals surface area contributed by atoms with Crippen LogP contribution < -0.4 is 4.74 Å². The summed E-state index contributed by atoms with van der Waals surface area (Å²) in [6, 6.07) is 7.86. The molecular weight excluding hydrogens is 491 g/mol. The molecule has 0 radical (unpaired) electrons. The van der Waals surface area contributed by atoms with Gasteiger partial charge in [0.2, 0.25) is 5.91 Å². The van der Waals surface area contributed by atoms with Crippen LogP contribution >= 0.6 is 11.6 Å². The van der Waals surface area contributed by atoms with E-state index in [-0.39, 0.29) is 17.5 Å². The summed E-state index contributed by atoms with van der Waals surface area (Å²) >= 11 is 6.10. The monoisotopic (exact) mass is 528 g/mol. The van der Waals surface area contributed by atoms with Crippen LogP contribution in [0, 0.1) is 24.1 Å². The SMILES string of the molecule is C/C=C\c1c(C)cc(C#N)c(OC)c1CN(C)C(=O)C(c1ccc(F)c(Cl)c1)N1CCN(C)CC1.CC. The Bertz CT molecular complexity index is 1150. The van der Waals surface area contributed by atoms with Crippen LogP contribution in [0.15, 0.2) is 30.3 Å². The molecule has 1 heterocycles. The summed E-state index contributed by atoms with van der Waals surface area (Å²) in [5.74, 6) is -0.185. The number of piperazine rings is 1. The number of rotatable bonds is 7. The minimum absolute atomic E-state index is 0.00790. The van der Waals surface area contributed by atoms with Gasteiger partial charge in [0.1, 0.15) is 23.7 Å². The number of likely N-dealkylation sites (N-methyl/N-ethyl adjacent to an activating group) is 2. The lowest BCUT2D eigenvalue weighted by Gasteiger charge is -2.39. The van der Waals surface area contributed by atoms with Gasteiger partial charge in [-0.15, -0.1) is 0 Å². The highest BCUT2D eigenvalue weighted by Gasteiger charge is 2.33. The predicted molar refractivity (Wildman–Crippen MR) is 148 cm³/mol. The zero-order valence-electron chi connectivity index (χ0n) is 22.9. The van der Waals surface area contributed by atoms with Crippen LogP contribution in [-0.4, -0.2) is 68.0 Å². The molecule has 0 spiro atoms. The fourth-order valence-corrected chi connectivity index (χ4v) is 4.74. The second-order valence-electron chi connectivity index (χ2n) is 8.89. The number of nitrogens with zero attached hydrogens (tertiary/aromatic N) is 4. The van der Waals surface area contributed by atoms with Gasteiger partial charge in [-0.3, -0.25) is 9.69 Å². The topological polar surface area (TPSA) is 59.8 Å². The van der Waals surface area contributed by atoms with Crippen molar-refractivity contribution < 1.29 is 13.9 Å². The van der Waals surface area contributed by atoms with E-state index >= 15 is 0 Å². The molecule has 6 nitrogen and oxygen atoms in total. The second kappa shape index (κ2) is 14.1. The quantitative estimate of drug-likeness (QED) is 0.463. The first-order valence-corrected chi connectivity index (χ1v) is 12.9. The number of allylic oxidation sites excluding steroid dienone is 1. The van der Waals surface area contributed by atoms with E-state index in [2.05, 4.69) is 22.9 Å². The molecule has 1 aliphatic rings. The van der Waals surface area contributed by atoms with E-state index in [1.807, 2.05) is 39.8 Å². The van der Waals surface area contributed by atoms with E-state index in [0.29, 0.717) is 30.0 Å². The van der Waals surface area contributed by atoms with E-state index < -0.39 is 11.9 Å². The molecule has 1 amide bonds. The number of halogens is 2. The minimum Gasteiger partial charge on any atom is -0.495 e. The lowest BCUT2D eigenvalue weighted by atomic mass is 9.95. The minimum atomic E-state index is -0.608. The second-order valence-corrected chi connectivity index (χ2v) is 9.30. The van der Waals surface area contributed by atoms with Crippen LogP contribution in [0.25, 0.3) is 6.08 Å². The lowest BCUT2D eigenvalue weighted by molar-refractivity contribution is -0.137. The van der Waals surface area contributed by atoms with Crippen LogP contribution in [0.2, 0.25) is 5.02 Å². The van der Waals surface area contributed by atoms with Gasteiger partial charge in [0.15, 0.2) is 0 Å². The highest BCUT2D eigenvalue weighted by molar-refractivity contribution is 6.30. The zero-order valence-corrected chi connectivity index (χ0v) is 23.7. The number of hydrogen-bond donors (Lipinski definition) is 0. The van der Waals surface area contributed by atoms with Gasteiger partial charge in [-0.25, -0.2) is 4.39 Å². The van der Waals surface area contributed by atoms with Gasteiger partial charge in [0.05, 0.1) is 17.7 Å². The lowest BCUT2D eigenvalue weighted by Crippen LogP contribution is -2.50. The molecule has 0 bridgehead atoms. The predicted octanol–water partition coefficient (Wildman–Crippen LogP) is 5.67. The summed E-state index contributed by atoms with van der Waals surface area (Å²) < 4.78 is 19.5. The highest BCUT2D eigenvalue weighted by atomic mass is 35.5. The Morgan fingerprint density at radius 1 is 1.27 bits per heavy atom. The standard InChI is InChI=1S/C27H32ClFN4O2.C2H6/c1-6-7-21-18(2)14-20(16-30)26(35-5)22(21)17-32(4)27(34)25(33-12-10-31(3)11-13-33)19-8-9-24(29)23(28)15-19;1-2/h6-9,14-15,25H,10-13,17H2,1-5H3;1-2H3/b7-6-;. The maximum Gasteiger partial charge on any atom is 0.244 e. The molecule has 0 aromatic heterocycles. The first-order valence-electron chi connectivity index (χ1n) is 12.6. The number of ether oxygens (including phenoxy) is 1. The first kappa shape index (κ1) is 30.3. The van der Waals surface area contributed by atoms with Crippen LogP contribution in [0.1, 0.15) is 54.6 Å². The molecular formula is C29H38ClFN4O2. The molecule has 200 valence electrons. The molecule has 2 aromatic rings. The maximum atomic E-state index is 13.9. The van der Waals surface area contributed by atoms with Gasteiger partial charge in [-0.2, -0.15) is 5.26 Å². The molecule has 8 heteroatoms. The Kier molecular flexibility index (Phi) is 11.6. The normalized spacial score (nSPS) is 15.0. The van der Waals surface area contributed by atoms with Crippen molar-refractivity contribution >= 4 is 23.6 Å². The number of hydrogen-bond acceptors (Lipinski definition) is 5. The van der Waals surface area contributed by atoms with Gasteiger partial charge in [-0.05, 0) is 55.8 Å². The fourth-order valence-electron chi connectivity index (χ4n) is 4.55. The van der Waals surface area contributed by atoms with Crippen LogP contribution in [0.3, 0.4) is 0 Å². The summed E-state index contributed by atoms with van der Waals surface area (Å²) in [6.45, 7) is 11.2. The molecule has 1 fully saturated rings. The summed E-state index contributed by atoms with van der Waals surface area (Å²) in [5.41, 5.74) is 3.70. The van der Waals surface area contributed by atoms with Gasteiger partial charge >= 0.3 is 0 Å². The third-order valence-corrected chi connectivity index (χ3v) is 6.74. The molecule has 1 atom stereocenters. The molecule has 1 saturated heterocycles. The highest BCUT2D eigenvalue weighted by Crippen LogP contribution is 2.33. The van der Waals surface area contributed by atoms with E-state index in [0.717, 1.165) is 29.8 Å². The van der Waals surface area contributed by atoms with Crippen molar-refractivity contribution in [2.75, 3.05) is 47.4 Å². The average Bonchev–Trinajstić information content (AvgIpc) is 2.90. The molecule has 1 aliphatic heterocycles. The smallest absolute Gasteiger partial charge is 0.244 e. The largest absolute Gasteiger partial charge is 0.495 e. The van der Waals surface area contributed by atoms with Gasteiger partial charge in [0.25, 0.3) is 0 Å². The number of benzene rings is 2. The third kappa shape index (κ3) is 7.10. The molecule has 0 saturated carbocycles. The van der Waals surface area contributed by atoms with Crippen molar-refractivity contribution in [3.8, 4) is 11.8 Å². The van der Waals surface area contributed by atoms with Crippen LogP contribution in [0.4, 0.5) is 4.39 Å². The average molecular weight is 529 g/mol. The number of carbonyl (C=O) groups is 1. The van der Waals surface area contributed by atoms with Crippen molar-refractivity contribution in [2.24, 2.45) is 0 Å². The molecule has 0 aliphatic carbocycles. The van der Waals surface area contributed by atoms with E-state index in [4.69, 9.17) is 16.3 Å². The van der Waals surface area contributed by atoms with E-state index in [9.17, 15) is 14.4 Å². The Morgan fingerprint density at radius 3 is 2.46 bits per heavy atom. The number of methoxy groups -OCH3 is 1. The Morgan fingerprint density at radius 2 is 1.92 bits per heavy atom. The van der Waals surface area contributed by atoms with Crippen molar-refractivity contribution in [3.05, 3.63) is 69.0 Å². The van der Waals surface area contributed by atoms with Gasteiger partial charge in [-0.1, -0.05) is 43.7 Å². The van der Waals surface area contributed by atoms with Crippen molar-refractivity contribution in [2.45, 2.75) is 40.3 Å². The zero-order chi connectivity index (χ0) is 27.7. The molecule has 0 N–H and O–H groups in total.